The molecule has 6 nitrogen and oxygen atoms in total. The summed E-state index contributed by atoms with van der Waals surface area (Å²) in [5, 5.41) is 8.71. The van der Waals surface area contributed by atoms with Gasteiger partial charge in [0, 0.05) is 17.3 Å². The van der Waals surface area contributed by atoms with E-state index in [1.165, 1.54) is 27.8 Å². The van der Waals surface area contributed by atoms with Crippen molar-refractivity contribution in [1.82, 2.24) is 19.8 Å². The van der Waals surface area contributed by atoms with Gasteiger partial charge in [-0.3, -0.25) is 4.79 Å². The van der Waals surface area contributed by atoms with Crippen LogP contribution in [0.15, 0.2) is 17.3 Å². The number of halogens is 1. The quantitative estimate of drug-likeness (QED) is 0.644. The molecule has 2 rings (SSSR count). The summed E-state index contributed by atoms with van der Waals surface area (Å²) in [5.41, 5.74) is -0.195. The van der Waals surface area contributed by atoms with Crippen molar-refractivity contribution in [2.45, 2.75) is 37.9 Å². The third kappa shape index (κ3) is 4.62. The molecule has 0 bridgehead atoms. The van der Waals surface area contributed by atoms with E-state index in [9.17, 15) is 4.79 Å². The van der Waals surface area contributed by atoms with Crippen molar-refractivity contribution in [3.05, 3.63) is 27.2 Å². The molecule has 2 aromatic rings. The maximum atomic E-state index is 12.2. The summed E-state index contributed by atoms with van der Waals surface area (Å²) in [4.78, 5) is 14.9. The summed E-state index contributed by atoms with van der Waals surface area (Å²) in [6.07, 6.45) is 0. The topological polar surface area (TPSA) is 77.0 Å². The largest absolute Gasteiger partial charge is 0.340 e. The summed E-state index contributed by atoms with van der Waals surface area (Å²) in [6.45, 7) is 6.58. The van der Waals surface area contributed by atoms with Crippen molar-refractivity contribution in [1.29, 1.82) is 0 Å². The van der Waals surface area contributed by atoms with E-state index in [0.29, 0.717) is 17.5 Å². The second-order valence-electron chi connectivity index (χ2n) is 6.17. The molecule has 2 N–H and O–H groups in total. The predicted molar refractivity (Wildman–Crippen MR) is 95.4 cm³/mol. The monoisotopic (exact) mass is 373 g/mol. The Bertz CT molecular complexity index is 692. The molecule has 0 unspecified atom stereocenters. The molecule has 2 heterocycles. The first-order valence-corrected chi connectivity index (χ1v) is 9.18. The lowest BCUT2D eigenvalue weighted by Crippen LogP contribution is -2.28. The highest BCUT2D eigenvalue weighted by Crippen LogP contribution is 2.24. The first kappa shape index (κ1) is 18.1. The molecule has 0 spiro atoms. The number of hydrogen-bond acceptors (Lipinski definition) is 6. The van der Waals surface area contributed by atoms with Gasteiger partial charge in [0.05, 0.1) is 16.6 Å². The Morgan fingerprint density at radius 1 is 1.43 bits per heavy atom. The van der Waals surface area contributed by atoms with E-state index in [-0.39, 0.29) is 17.1 Å². The van der Waals surface area contributed by atoms with E-state index in [4.69, 9.17) is 17.4 Å². The fourth-order valence-electron chi connectivity index (χ4n) is 1.88. The zero-order valence-corrected chi connectivity index (χ0v) is 15.9. The lowest BCUT2D eigenvalue weighted by Gasteiger charge is -2.17. The van der Waals surface area contributed by atoms with E-state index in [0.717, 1.165) is 9.21 Å². The Labute approximate surface area is 149 Å². The summed E-state index contributed by atoms with van der Waals surface area (Å²) in [7, 11) is 1.77. The van der Waals surface area contributed by atoms with Gasteiger partial charge in [0.1, 0.15) is 0 Å². The summed E-state index contributed by atoms with van der Waals surface area (Å²) >= 11 is 8.66. The van der Waals surface area contributed by atoms with Crippen molar-refractivity contribution >= 4 is 40.6 Å². The average molecular weight is 374 g/mol. The molecule has 0 saturated carbocycles. The highest BCUT2D eigenvalue weighted by molar-refractivity contribution is 7.99. The number of aromatic nitrogens is 3. The molecule has 0 aliphatic heterocycles. The van der Waals surface area contributed by atoms with Crippen molar-refractivity contribution in [2.75, 3.05) is 18.6 Å². The lowest BCUT2D eigenvalue weighted by molar-refractivity contribution is -0.127. The molecule has 0 aromatic carbocycles. The van der Waals surface area contributed by atoms with Gasteiger partial charge in [0.2, 0.25) is 11.1 Å². The van der Waals surface area contributed by atoms with Crippen molar-refractivity contribution in [3.63, 3.8) is 0 Å². The maximum absolute atomic E-state index is 12.2. The van der Waals surface area contributed by atoms with Gasteiger partial charge < -0.3 is 10.7 Å². The van der Waals surface area contributed by atoms with Gasteiger partial charge >= 0.3 is 0 Å². The molecule has 2 aromatic heterocycles. The molecule has 0 saturated heterocycles. The lowest BCUT2D eigenvalue weighted by atomic mass is 9.96. The van der Waals surface area contributed by atoms with E-state index in [1.807, 2.05) is 32.9 Å². The van der Waals surface area contributed by atoms with Crippen LogP contribution in [0, 0.1) is 0 Å². The number of carbonyl (C=O) groups is 1. The molecule has 126 valence electrons. The van der Waals surface area contributed by atoms with Crippen LogP contribution in [-0.4, -0.2) is 38.5 Å². The molecule has 0 aliphatic carbocycles. The van der Waals surface area contributed by atoms with Crippen LogP contribution in [0.4, 0.5) is 0 Å². The Balaban J connectivity index is 1.93. The van der Waals surface area contributed by atoms with Crippen LogP contribution in [0.1, 0.15) is 31.5 Å². The van der Waals surface area contributed by atoms with Gasteiger partial charge in [0.15, 0.2) is 5.82 Å². The molecule has 23 heavy (non-hydrogen) atoms. The number of hydrogen-bond donors (Lipinski definition) is 1. The molecule has 9 heteroatoms. The molecule has 0 aliphatic rings. The number of nitrogens with zero attached hydrogens (tertiary/aromatic N) is 4. The van der Waals surface area contributed by atoms with Crippen molar-refractivity contribution < 1.29 is 4.79 Å². The van der Waals surface area contributed by atoms with Gasteiger partial charge in [0.25, 0.3) is 0 Å². The first-order chi connectivity index (χ1) is 10.7. The zero-order valence-electron chi connectivity index (χ0n) is 13.5. The maximum Gasteiger partial charge on any atom is 0.233 e. The molecular weight excluding hydrogens is 354 g/mol. The van der Waals surface area contributed by atoms with Gasteiger partial charge in [-0.2, -0.15) is 0 Å². The normalized spacial score (nSPS) is 11.7. The molecule has 0 atom stereocenters. The third-order valence-electron chi connectivity index (χ3n) is 3.11. The van der Waals surface area contributed by atoms with Crippen LogP contribution in [0.2, 0.25) is 4.34 Å². The summed E-state index contributed by atoms with van der Waals surface area (Å²) in [6, 6.07) is 3.76. The van der Waals surface area contributed by atoms with Gasteiger partial charge in [-0.05, 0) is 12.1 Å². The van der Waals surface area contributed by atoms with Crippen LogP contribution in [0.5, 0.6) is 0 Å². The number of thiophene rings is 1. The minimum absolute atomic E-state index is 0.000156. The number of thioether (sulfide) groups is 1. The van der Waals surface area contributed by atoms with Crippen LogP contribution in [0.25, 0.3) is 0 Å². The van der Waals surface area contributed by atoms with E-state index >= 15 is 0 Å². The SMILES string of the molecule is CN(Cc1ccc(Cl)s1)C(=O)CSc1nnc(C(C)(C)C)n1N. The minimum atomic E-state index is -0.195. The van der Waals surface area contributed by atoms with Gasteiger partial charge in [-0.15, -0.1) is 21.5 Å². The van der Waals surface area contributed by atoms with Gasteiger partial charge in [-0.1, -0.05) is 44.1 Å². The van der Waals surface area contributed by atoms with Crippen LogP contribution in [-0.2, 0) is 16.8 Å². The second kappa shape index (κ2) is 7.11. The number of nitrogens with two attached hydrogens (primary N) is 1. The predicted octanol–water partition coefficient (Wildman–Crippen LogP) is 2.75. The molecule has 0 fully saturated rings. The van der Waals surface area contributed by atoms with Crippen LogP contribution < -0.4 is 5.84 Å². The standard InChI is InChI=1S/C14H20ClN5OS2/c1-14(2,3)12-17-18-13(20(12)16)22-8-11(21)19(4)7-9-5-6-10(15)23-9/h5-6H,7-8,16H2,1-4H3. The van der Waals surface area contributed by atoms with Crippen LogP contribution in [0.3, 0.4) is 0 Å². The fourth-order valence-corrected chi connectivity index (χ4v) is 3.82. The highest BCUT2D eigenvalue weighted by atomic mass is 35.5. The van der Waals surface area contributed by atoms with Crippen molar-refractivity contribution in [2.24, 2.45) is 0 Å². The van der Waals surface area contributed by atoms with Crippen LogP contribution >= 0.6 is 34.7 Å². The van der Waals surface area contributed by atoms with Gasteiger partial charge in [-0.25, -0.2) is 4.68 Å². The summed E-state index contributed by atoms with van der Waals surface area (Å²) < 4.78 is 2.18. The molecule has 1 amide bonds. The second-order valence-corrected chi connectivity index (χ2v) is 8.91. The zero-order chi connectivity index (χ0) is 17.2. The van der Waals surface area contributed by atoms with E-state index in [2.05, 4.69) is 10.2 Å². The molecule has 0 radical (unpaired) electrons. The summed E-state index contributed by atoms with van der Waals surface area (Å²) in [5.74, 6) is 6.96. The number of carbonyl (C=O) groups excluding carboxylic acids is 1. The highest BCUT2D eigenvalue weighted by Gasteiger charge is 2.23. The first-order valence-electron chi connectivity index (χ1n) is 7.00. The average Bonchev–Trinajstić information content (AvgIpc) is 3.01. The Kier molecular flexibility index (Phi) is 5.59. The molecular formula is C14H20ClN5OS2. The Morgan fingerprint density at radius 2 is 2.13 bits per heavy atom. The number of nitrogen functional groups attached to an aromatic ring is 1. The smallest absolute Gasteiger partial charge is 0.233 e. The Hall–Kier alpha value is -1.25. The fraction of sp³-hybridized carbons (Fsp3) is 0.500. The van der Waals surface area contributed by atoms with E-state index < -0.39 is 0 Å². The van der Waals surface area contributed by atoms with E-state index in [1.54, 1.807) is 11.9 Å². The Morgan fingerprint density at radius 3 is 2.65 bits per heavy atom. The minimum Gasteiger partial charge on any atom is -0.340 e. The third-order valence-corrected chi connectivity index (χ3v) is 5.25. The van der Waals surface area contributed by atoms with Crippen molar-refractivity contribution in [3.8, 4) is 0 Å². The number of amides is 1. The number of rotatable bonds is 5.